The predicted octanol–water partition coefficient (Wildman–Crippen LogP) is 1.65. The van der Waals surface area contributed by atoms with E-state index in [1.807, 2.05) is 0 Å². The van der Waals surface area contributed by atoms with Crippen LogP contribution < -0.4 is 10.1 Å². The maximum absolute atomic E-state index is 12.3. The lowest BCUT2D eigenvalue weighted by Gasteiger charge is -2.22. The molecule has 1 unspecified atom stereocenters. The average Bonchev–Trinajstić information content (AvgIpc) is 2.89. The van der Waals surface area contributed by atoms with Crippen LogP contribution >= 0.6 is 0 Å². The van der Waals surface area contributed by atoms with Crippen molar-refractivity contribution >= 4 is 21.6 Å². The van der Waals surface area contributed by atoms with Gasteiger partial charge in [-0.3, -0.25) is 4.79 Å². The van der Waals surface area contributed by atoms with Crippen molar-refractivity contribution < 1.29 is 26.7 Å². The van der Waals surface area contributed by atoms with Gasteiger partial charge in [-0.05, 0) is 25.0 Å². The second kappa shape index (κ2) is 6.57. The van der Waals surface area contributed by atoms with E-state index in [-0.39, 0.29) is 18.0 Å². The fraction of sp³-hybridized carbons (Fsp3) is 0.462. The monoisotopic (exact) mass is 334 g/mol. The lowest BCUT2D eigenvalue weighted by atomic mass is 10.2. The fourth-order valence-corrected chi connectivity index (χ4v) is 3.51. The molecule has 0 radical (unpaired) electrons. The van der Waals surface area contributed by atoms with Crippen LogP contribution in [0.5, 0.6) is 5.75 Å². The van der Waals surface area contributed by atoms with Crippen molar-refractivity contribution in [2.75, 3.05) is 18.1 Å². The molecular formula is C13H16F2N2O4S. The van der Waals surface area contributed by atoms with Gasteiger partial charge in [-0.25, -0.2) is 8.42 Å². The minimum atomic E-state index is -3.50. The minimum absolute atomic E-state index is 0.0770. The minimum Gasteiger partial charge on any atom is -0.433 e. The molecule has 1 aromatic rings. The smallest absolute Gasteiger partial charge is 0.387 e. The number of benzene rings is 1. The molecule has 0 spiro atoms. The fourth-order valence-electron chi connectivity index (χ4n) is 2.38. The molecule has 0 saturated carbocycles. The Balaban J connectivity index is 2.16. The molecule has 1 amide bonds. The number of hydrogen-bond donors (Lipinski definition) is 1. The van der Waals surface area contributed by atoms with Crippen molar-refractivity contribution in [1.82, 2.24) is 4.31 Å². The molecule has 1 aromatic carbocycles. The number of hydrogen-bond acceptors (Lipinski definition) is 4. The van der Waals surface area contributed by atoms with Crippen molar-refractivity contribution in [2.24, 2.45) is 0 Å². The number of halogens is 2. The Hall–Kier alpha value is -1.74. The first-order valence-electron chi connectivity index (χ1n) is 6.60. The molecule has 9 heteroatoms. The third kappa shape index (κ3) is 3.92. The summed E-state index contributed by atoms with van der Waals surface area (Å²) >= 11 is 0. The molecule has 1 saturated heterocycles. The highest BCUT2D eigenvalue weighted by atomic mass is 32.2. The molecule has 122 valence electrons. The van der Waals surface area contributed by atoms with Crippen molar-refractivity contribution in [1.29, 1.82) is 0 Å². The first-order chi connectivity index (χ1) is 10.3. The van der Waals surface area contributed by atoms with Crippen molar-refractivity contribution in [3.63, 3.8) is 0 Å². The first kappa shape index (κ1) is 16.6. The predicted molar refractivity (Wildman–Crippen MR) is 76.3 cm³/mol. The van der Waals surface area contributed by atoms with E-state index < -0.39 is 28.6 Å². The van der Waals surface area contributed by atoms with Gasteiger partial charge in [0.25, 0.3) is 0 Å². The molecular weight excluding hydrogens is 318 g/mol. The molecule has 22 heavy (non-hydrogen) atoms. The summed E-state index contributed by atoms with van der Waals surface area (Å²) < 4.78 is 53.4. The number of amides is 1. The summed E-state index contributed by atoms with van der Waals surface area (Å²) in [6.07, 6.45) is 1.99. The molecule has 2 rings (SSSR count). The Morgan fingerprint density at radius 3 is 2.73 bits per heavy atom. The van der Waals surface area contributed by atoms with Crippen molar-refractivity contribution in [3.8, 4) is 5.75 Å². The summed E-state index contributed by atoms with van der Waals surface area (Å²) in [6, 6.07) is 4.91. The van der Waals surface area contributed by atoms with E-state index in [0.29, 0.717) is 12.8 Å². The normalized spacial score (nSPS) is 19.4. The molecule has 0 bridgehead atoms. The number of nitrogens with one attached hydrogen (secondary N) is 1. The molecule has 1 atom stereocenters. The van der Waals surface area contributed by atoms with Crippen LogP contribution in [0.3, 0.4) is 0 Å². The Kier molecular flexibility index (Phi) is 4.97. The number of alkyl halides is 2. The van der Waals surface area contributed by atoms with E-state index in [4.69, 9.17) is 0 Å². The van der Waals surface area contributed by atoms with Gasteiger partial charge in [0.15, 0.2) is 0 Å². The lowest BCUT2D eigenvalue weighted by Crippen LogP contribution is -2.42. The van der Waals surface area contributed by atoms with Gasteiger partial charge in [-0.15, -0.1) is 0 Å². The van der Waals surface area contributed by atoms with Gasteiger partial charge < -0.3 is 10.1 Å². The van der Waals surface area contributed by atoms with E-state index in [0.717, 1.165) is 10.6 Å². The van der Waals surface area contributed by atoms with E-state index in [2.05, 4.69) is 10.1 Å². The molecule has 1 aliphatic rings. The highest BCUT2D eigenvalue weighted by Crippen LogP contribution is 2.27. The van der Waals surface area contributed by atoms with Crippen molar-refractivity contribution in [3.05, 3.63) is 24.3 Å². The van der Waals surface area contributed by atoms with Gasteiger partial charge in [0, 0.05) is 6.54 Å². The number of carbonyl (C=O) groups excluding carboxylic acids is 1. The molecule has 6 nitrogen and oxygen atoms in total. The van der Waals surface area contributed by atoms with E-state index in [1.54, 1.807) is 6.07 Å². The van der Waals surface area contributed by atoms with Crippen LogP contribution in [0.25, 0.3) is 0 Å². The zero-order valence-electron chi connectivity index (χ0n) is 11.8. The van der Waals surface area contributed by atoms with E-state index >= 15 is 0 Å². The van der Waals surface area contributed by atoms with Crippen LogP contribution in [0.4, 0.5) is 14.5 Å². The number of para-hydroxylation sites is 2. The number of ether oxygens (including phenoxy) is 1. The number of nitrogens with zero attached hydrogens (tertiary/aromatic N) is 1. The molecule has 1 aliphatic heterocycles. The van der Waals surface area contributed by atoms with Crippen LogP contribution in [0.1, 0.15) is 12.8 Å². The quantitative estimate of drug-likeness (QED) is 0.888. The molecule has 1 fully saturated rings. The van der Waals surface area contributed by atoms with Crippen LogP contribution in [-0.2, 0) is 14.8 Å². The van der Waals surface area contributed by atoms with Gasteiger partial charge in [-0.1, -0.05) is 12.1 Å². The van der Waals surface area contributed by atoms with Crippen LogP contribution in [-0.4, -0.2) is 44.1 Å². The zero-order chi connectivity index (χ0) is 16.3. The first-order valence-corrected chi connectivity index (χ1v) is 8.45. The Bertz CT molecular complexity index is 651. The number of sulfonamides is 1. The zero-order valence-corrected chi connectivity index (χ0v) is 12.6. The van der Waals surface area contributed by atoms with Crippen molar-refractivity contribution in [2.45, 2.75) is 25.5 Å². The van der Waals surface area contributed by atoms with Crippen LogP contribution in [0.15, 0.2) is 24.3 Å². The summed E-state index contributed by atoms with van der Waals surface area (Å²) in [5, 5.41) is 2.46. The summed E-state index contributed by atoms with van der Waals surface area (Å²) in [5.41, 5.74) is 0.0770. The number of rotatable bonds is 5. The third-order valence-electron chi connectivity index (χ3n) is 3.29. The summed E-state index contributed by atoms with van der Waals surface area (Å²) in [5.74, 6) is -0.733. The Labute approximate surface area is 127 Å². The van der Waals surface area contributed by atoms with Gasteiger partial charge in [0.2, 0.25) is 15.9 Å². The molecule has 0 aromatic heterocycles. The van der Waals surface area contributed by atoms with E-state index in [1.165, 1.54) is 18.2 Å². The van der Waals surface area contributed by atoms with Crippen LogP contribution in [0.2, 0.25) is 0 Å². The van der Waals surface area contributed by atoms with E-state index in [9.17, 15) is 22.0 Å². The van der Waals surface area contributed by atoms with Gasteiger partial charge in [0.1, 0.15) is 11.8 Å². The SMILES string of the molecule is CS(=O)(=O)N1CCCC1C(=O)Nc1ccccc1OC(F)F. The lowest BCUT2D eigenvalue weighted by molar-refractivity contribution is -0.119. The van der Waals surface area contributed by atoms with Gasteiger partial charge in [-0.2, -0.15) is 13.1 Å². The molecule has 1 heterocycles. The highest BCUT2D eigenvalue weighted by molar-refractivity contribution is 7.88. The second-order valence-electron chi connectivity index (χ2n) is 4.90. The Morgan fingerprint density at radius 1 is 1.41 bits per heavy atom. The highest BCUT2D eigenvalue weighted by Gasteiger charge is 2.36. The number of carbonyl (C=O) groups is 1. The van der Waals surface area contributed by atoms with Gasteiger partial charge >= 0.3 is 6.61 Å². The summed E-state index contributed by atoms with van der Waals surface area (Å²) in [6.45, 7) is -2.75. The standard InChI is InChI=1S/C13H16F2N2O4S/c1-22(19,20)17-8-4-6-10(17)12(18)16-9-5-2-3-7-11(9)21-13(14)15/h2-3,5,7,10,13H,4,6,8H2,1H3,(H,16,18). The second-order valence-corrected chi connectivity index (χ2v) is 6.83. The third-order valence-corrected chi connectivity index (χ3v) is 4.58. The maximum Gasteiger partial charge on any atom is 0.387 e. The molecule has 1 N–H and O–H groups in total. The Morgan fingerprint density at radius 2 is 2.09 bits per heavy atom. The summed E-state index contributed by atoms with van der Waals surface area (Å²) in [7, 11) is -3.50. The van der Waals surface area contributed by atoms with Crippen LogP contribution in [0, 0.1) is 0 Å². The van der Waals surface area contributed by atoms with Gasteiger partial charge in [0.05, 0.1) is 11.9 Å². The topological polar surface area (TPSA) is 75.7 Å². The average molecular weight is 334 g/mol. The molecule has 0 aliphatic carbocycles. The summed E-state index contributed by atoms with van der Waals surface area (Å²) in [4.78, 5) is 12.2. The number of anilines is 1. The maximum atomic E-state index is 12.3. The largest absolute Gasteiger partial charge is 0.433 e.